The topological polar surface area (TPSA) is 130 Å². The monoisotopic (exact) mass is 394 g/mol. The molecule has 0 aliphatic heterocycles. The highest BCUT2D eigenvalue weighted by Crippen LogP contribution is 2.20. The first-order valence-corrected chi connectivity index (χ1v) is 9.59. The predicted molar refractivity (Wildman–Crippen MR) is 99.2 cm³/mol. The number of aromatic nitrogens is 2. The second-order valence-corrected chi connectivity index (χ2v) is 7.96. The summed E-state index contributed by atoms with van der Waals surface area (Å²) in [4.78, 5) is 23.8. The van der Waals surface area contributed by atoms with Crippen LogP contribution >= 0.6 is 0 Å². The van der Waals surface area contributed by atoms with E-state index in [0.29, 0.717) is 11.4 Å². The molecule has 27 heavy (non-hydrogen) atoms. The summed E-state index contributed by atoms with van der Waals surface area (Å²) in [6.07, 6.45) is 0. The van der Waals surface area contributed by atoms with E-state index in [-0.39, 0.29) is 16.1 Å². The number of nitrogens with zero attached hydrogens (tertiary/aromatic N) is 2. The van der Waals surface area contributed by atoms with Crippen molar-refractivity contribution in [3.8, 4) is 0 Å². The van der Waals surface area contributed by atoms with E-state index in [1.54, 1.807) is 33.9 Å². The van der Waals surface area contributed by atoms with Crippen molar-refractivity contribution in [2.24, 2.45) is 7.05 Å². The first-order valence-electron chi connectivity index (χ1n) is 8.11. The quantitative estimate of drug-likeness (QED) is 0.678. The maximum absolute atomic E-state index is 12.6. The van der Waals surface area contributed by atoms with Crippen LogP contribution in [0.5, 0.6) is 0 Å². The minimum Gasteiger partial charge on any atom is -0.478 e. The van der Waals surface area contributed by atoms with Crippen molar-refractivity contribution >= 4 is 27.6 Å². The molecular weight excluding hydrogens is 372 g/mol. The fraction of sp³-hybridized carbons (Fsp3) is 0.353. The fourth-order valence-electron chi connectivity index (χ4n) is 2.67. The van der Waals surface area contributed by atoms with Crippen LogP contribution in [-0.4, -0.2) is 41.2 Å². The van der Waals surface area contributed by atoms with Crippen LogP contribution in [0.2, 0.25) is 0 Å². The molecule has 0 aliphatic carbocycles. The average Bonchev–Trinajstić information content (AvgIpc) is 2.81. The van der Waals surface area contributed by atoms with Crippen molar-refractivity contribution in [1.29, 1.82) is 0 Å². The maximum Gasteiger partial charge on any atom is 0.337 e. The van der Waals surface area contributed by atoms with Crippen LogP contribution in [0, 0.1) is 20.8 Å². The normalized spacial score (nSPS) is 12.6. The Morgan fingerprint density at radius 3 is 2.37 bits per heavy atom. The number of sulfonamides is 1. The molecule has 1 heterocycles. The van der Waals surface area contributed by atoms with Crippen molar-refractivity contribution in [2.45, 2.75) is 38.6 Å². The van der Waals surface area contributed by atoms with Crippen molar-refractivity contribution in [1.82, 2.24) is 14.5 Å². The Morgan fingerprint density at radius 2 is 1.85 bits per heavy atom. The number of nitrogens with one attached hydrogen (secondary N) is 2. The molecular formula is C17H22N4O5S. The Balaban J connectivity index is 2.23. The molecule has 1 atom stereocenters. The number of rotatable bonds is 6. The molecule has 0 spiro atoms. The number of carbonyl (C=O) groups excluding carboxylic acids is 1. The number of amides is 1. The van der Waals surface area contributed by atoms with Gasteiger partial charge in [-0.2, -0.15) is 9.82 Å². The van der Waals surface area contributed by atoms with Crippen molar-refractivity contribution in [3.63, 3.8) is 0 Å². The Hall–Kier alpha value is -2.72. The Labute approximate surface area is 157 Å². The first-order chi connectivity index (χ1) is 12.4. The van der Waals surface area contributed by atoms with E-state index in [2.05, 4.69) is 15.1 Å². The lowest BCUT2D eigenvalue weighted by atomic mass is 10.1. The molecule has 0 saturated carbocycles. The van der Waals surface area contributed by atoms with E-state index < -0.39 is 27.9 Å². The van der Waals surface area contributed by atoms with Gasteiger partial charge in [-0.15, -0.1) is 0 Å². The molecule has 0 aliphatic rings. The van der Waals surface area contributed by atoms with Crippen LogP contribution in [-0.2, 0) is 21.9 Å². The van der Waals surface area contributed by atoms with E-state index in [1.807, 2.05) is 0 Å². The largest absolute Gasteiger partial charge is 0.478 e. The van der Waals surface area contributed by atoms with Crippen LogP contribution in [0.1, 0.15) is 34.2 Å². The molecule has 1 aromatic heterocycles. The molecule has 0 radical (unpaired) electrons. The lowest BCUT2D eigenvalue weighted by Gasteiger charge is -2.16. The zero-order valence-electron chi connectivity index (χ0n) is 15.7. The highest BCUT2D eigenvalue weighted by atomic mass is 32.2. The molecule has 146 valence electrons. The van der Waals surface area contributed by atoms with E-state index in [9.17, 15) is 23.1 Å². The van der Waals surface area contributed by atoms with E-state index >= 15 is 0 Å². The lowest BCUT2D eigenvalue weighted by Crippen LogP contribution is -2.42. The summed E-state index contributed by atoms with van der Waals surface area (Å²) < 4.78 is 29.0. The van der Waals surface area contributed by atoms with Gasteiger partial charge in [0.15, 0.2) is 0 Å². The van der Waals surface area contributed by atoms with Gasteiger partial charge in [-0.3, -0.25) is 9.48 Å². The molecule has 1 unspecified atom stereocenters. The van der Waals surface area contributed by atoms with Crippen LogP contribution in [0.25, 0.3) is 0 Å². The molecule has 0 bridgehead atoms. The molecule has 1 amide bonds. The average molecular weight is 394 g/mol. The number of benzene rings is 1. The first kappa shape index (κ1) is 20.6. The van der Waals surface area contributed by atoms with Gasteiger partial charge in [0.05, 0.1) is 28.7 Å². The number of aryl methyl sites for hydroxylation is 3. The van der Waals surface area contributed by atoms with E-state index in [0.717, 1.165) is 5.56 Å². The summed E-state index contributed by atoms with van der Waals surface area (Å²) in [5.74, 6) is -1.87. The van der Waals surface area contributed by atoms with Gasteiger partial charge >= 0.3 is 5.97 Å². The zero-order valence-corrected chi connectivity index (χ0v) is 16.5. The molecule has 1 aromatic carbocycles. The van der Waals surface area contributed by atoms with Gasteiger partial charge in [-0.25, -0.2) is 13.2 Å². The van der Waals surface area contributed by atoms with Crippen molar-refractivity contribution in [3.05, 3.63) is 40.7 Å². The summed E-state index contributed by atoms with van der Waals surface area (Å²) in [6.45, 7) is 6.29. The van der Waals surface area contributed by atoms with Gasteiger partial charge in [-0.1, -0.05) is 11.6 Å². The molecule has 10 heteroatoms. The van der Waals surface area contributed by atoms with Crippen LogP contribution < -0.4 is 10.0 Å². The molecule has 2 aromatic rings. The minimum atomic E-state index is -3.98. The second-order valence-electron chi connectivity index (χ2n) is 6.31. The number of hydrogen-bond acceptors (Lipinski definition) is 5. The van der Waals surface area contributed by atoms with Gasteiger partial charge in [0, 0.05) is 7.05 Å². The third-order valence-corrected chi connectivity index (χ3v) is 5.89. The standard InChI is InChI=1S/C17H22N4O5S/c1-9-6-7-14(13(8-9)17(23)24)18-16(22)11(3)20-27(25,26)15-10(2)19-21(5)12(15)4/h6-8,11,20H,1-5H3,(H,18,22)(H,23,24). The fourth-order valence-corrected chi connectivity index (χ4v) is 4.31. The maximum atomic E-state index is 12.6. The zero-order chi connectivity index (χ0) is 20.5. The number of hydrogen-bond donors (Lipinski definition) is 3. The molecule has 2 rings (SSSR count). The van der Waals surface area contributed by atoms with Crippen molar-refractivity contribution in [2.75, 3.05) is 5.32 Å². The molecule has 3 N–H and O–H groups in total. The Morgan fingerprint density at radius 1 is 1.22 bits per heavy atom. The minimum absolute atomic E-state index is 0.0196. The molecule has 0 fully saturated rings. The predicted octanol–water partition coefficient (Wildman–Crippen LogP) is 1.35. The number of carbonyl (C=O) groups is 2. The summed E-state index contributed by atoms with van der Waals surface area (Å²) in [6, 6.07) is 3.42. The molecule has 9 nitrogen and oxygen atoms in total. The SMILES string of the molecule is Cc1ccc(NC(=O)C(C)NS(=O)(=O)c2c(C)nn(C)c2C)c(C(=O)O)c1. The number of aromatic carboxylic acids is 1. The van der Waals surface area contributed by atoms with E-state index in [4.69, 9.17) is 0 Å². The summed E-state index contributed by atoms with van der Waals surface area (Å²) in [5, 5.41) is 15.8. The highest BCUT2D eigenvalue weighted by molar-refractivity contribution is 7.89. The van der Waals surface area contributed by atoms with Crippen LogP contribution in [0.15, 0.2) is 23.1 Å². The number of carboxylic acids is 1. The third-order valence-electron chi connectivity index (χ3n) is 4.10. The number of anilines is 1. The van der Waals surface area contributed by atoms with Gasteiger partial charge in [0.25, 0.3) is 0 Å². The van der Waals surface area contributed by atoms with Gasteiger partial charge in [0.1, 0.15) is 4.90 Å². The summed E-state index contributed by atoms with van der Waals surface area (Å²) in [7, 11) is -2.35. The number of carboxylic acid groups (broad SMARTS) is 1. The van der Waals surface area contributed by atoms with Gasteiger partial charge < -0.3 is 10.4 Å². The van der Waals surface area contributed by atoms with Gasteiger partial charge in [-0.05, 0) is 39.8 Å². The lowest BCUT2D eigenvalue weighted by molar-refractivity contribution is -0.117. The van der Waals surface area contributed by atoms with Gasteiger partial charge in [0.2, 0.25) is 15.9 Å². The summed E-state index contributed by atoms with van der Waals surface area (Å²) >= 11 is 0. The smallest absolute Gasteiger partial charge is 0.337 e. The third kappa shape index (κ3) is 4.34. The second kappa shape index (κ2) is 7.49. The Kier molecular flexibility index (Phi) is 5.71. The van der Waals surface area contributed by atoms with Crippen LogP contribution in [0.4, 0.5) is 5.69 Å². The highest BCUT2D eigenvalue weighted by Gasteiger charge is 2.28. The van der Waals surface area contributed by atoms with Crippen LogP contribution in [0.3, 0.4) is 0 Å². The van der Waals surface area contributed by atoms with Crippen molar-refractivity contribution < 1.29 is 23.1 Å². The summed E-state index contributed by atoms with van der Waals surface area (Å²) in [5.41, 5.74) is 1.51. The Bertz CT molecular complexity index is 1010. The molecule has 0 saturated heterocycles. The van der Waals surface area contributed by atoms with E-state index in [1.165, 1.54) is 23.7 Å².